The van der Waals surface area contributed by atoms with E-state index in [9.17, 15) is 24.0 Å². The lowest BCUT2D eigenvalue weighted by molar-refractivity contribution is -0.121. The zero-order chi connectivity index (χ0) is 28.3. The molecule has 1 amide bonds. The lowest BCUT2D eigenvalue weighted by Crippen LogP contribution is -2.32. The highest BCUT2D eigenvalue weighted by Crippen LogP contribution is 2.33. The second kappa shape index (κ2) is 11.3. The van der Waals surface area contributed by atoms with Crippen LogP contribution in [-0.2, 0) is 17.6 Å². The first kappa shape index (κ1) is 27.2. The van der Waals surface area contributed by atoms with Crippen LogP contribution in [0.1, 0.15) is 39.3 Å². The topological polar surface area (TPSA) is 154 Å². The number of nitriles is 1. The molecule has 4 aromatic rings. The zero-order valence-electron chi connectivity index (χ0n) is 20.8. The van der Waals surface area contributed by atoms with Gasteiger partial charge in [-0.2, -0.15) is 5.26 Å². The monoisotopic (exact) mass is 549 g/mol. The molecule has 1 atom stereocenters. The molecular formula is C27H21ClFN5O5. The molecule has 0 saturated heterocycles. The van der Waals surface area contributed by atoms with Crippen molar-refractivity contribution in [3.8, 4) is 22.9 Å². The molecule has 0 spiro atoms. The number of aryl methyl sites for hydroxylation is 1. The Morgan fingerprint density at radius 3 is 2.59 bits per heavy atom. The smallest absolute Gasteiger partial charge is 0.252 e. The molecule has 0 saturated carbocycles. The average Bonchev–Trinajstić information content (AvgIpc) is 3.31. The van der Waals surface area contributed by atoms with Gasteiger partial charge in [-0.25, -0.2) is 4.39 Å². The molecule has 0 aliphatic carbocycles. The van der Waals surface area contributed by atoms with E-state index in [1.165, 1.54) is 43.6 Å². The normalized spacial score (nSPS) is 11.6. The van der Waals surface area contributed by atoms with Gasteiger partial charge in [0.2, 0.25) is 11.8 Å². The van der Waals surface area contributed by atoms with Gasteiger partial charge in [0.1, 0.15) is 17.6 Å². The van der Waals surface area contributed by atoms with Crippen LogP contribution in [0.2, 0.25) is 5.02 Å². The number of ether oxygens (including phenoxy) is 1. The third-order valence-electron chi connectivity index (χ3n) is 5.98. The van der Waals surface area contributed by atoms with E-state index in [1.54, 1.807) is 13.0 Å². The number of benzene rings is 2. The fraction of sp³-hybridized carbons (Fsp3) is 0.185. The van der Waals surface area contributed by atoms with E-state index in [1.807, 2.05) is 0 Å². The summed E-state index contributed by atoms with van der Waals surface area (Å²) in [5.74, 6) is -1.70. The average molecular weight is 550 g/mol. The first-order chi connectivity index (χ1) is 18.6. The zero-order valence-corrected chi connectivity index (χ0v) is 21.5. The van der Waals surface area contributed by atoms with Crippen LogP contribution in [0.25, 0.3) is 11.1 Å². The summed E-state index contributed by atoms with van der Waals surface area (Å²) in [4.78, 5) is 38.3. The Hall–Kier alpha value is -4.82. The molecule has 1 unspecified atom stereocenters. The van der Waals surface area contributed by atoms with E-state index in [0.29, 0.717) is 16.1 Å². The number of Topliss-reactive ketones (excluding diaryl/α,β-unsaturated/α-hetero) is 1. The minimum absolute atomic E-state index is 0.109. The fourth-order valence-electron chi connectivity index (χ4n) is 4.12. The summed E-state index contributed by atoms with van der Waals surface area (Å²) in [7, 11) is 1.38. The number of nitrogens with two attached hydrogens (primary N) is 1. The van der Waals surface area contributed by atoms with Gasteiger partial charge in [-0.3, -0.25) is 14.4 Å². The first-order valence-corrected chi connectivity index (χ1v) is 11.9. The quantitative estimate of drug-likeness (QED) is 0.332. The van der Waals surface area contributed by atoms with E-state index < -0.39 is 29.1 Å². The third-order valence-corrected chi connectivity index (χ3v) is 6.21. The second-order valence-corrected chi connectivity index (χ2v) is 9.00. The van der Waals surface area contributed by atoms with Gasteiger partial charge in [-0.1, -0.05) is 17.7 Å². The highest BCUT2D eigenvalue weighted by atomic mass is 35.5. The van der Waals surface area contributed by atoms with Crippen molar-refractivity contribution in [1.82, 2.24) is 14.8 Å². The molecule has 10 nitrogen and oxygen atoms in total. The van der Waals surface area contributed by atoms with Crippen molar-refractivity contribution < 1.29 is 23.1 Å². The van der Waals surface area contributed by atoms with Crippen molar-refractivity contribution >= 4 is 23.3 Å². The molecule has 0 fully saturated rings. The highest BCUT2D eigenvalue weighted by Gasteiger charge is 2.27. The molecule has 0 aliphatic rings. The number of ketones is 1. The standard InChI is InChI=1S/C27H21ClFN5O5/c1-14-32-33-25(39-14)11-22(23(35)8-15-3-6-18(27(31)37)21(29)7-15)34-13-24(38-2)20(10-26(34)36)19-9-17(28)5-4-16(19)12-30/h3-7,9-10,13,22H,8,11H2,1-2H3,(H2,31,37). The Morgan fingerprint density at radius 1 is 1.21 bits per heavy atom. The van der Waals surface area contributed by atoms with Crippen molar-refractivity contribution in [2.45, 2.75) is 25.8 Å². The van der Waals surface area contributed by atoms with Crippen molar-refractivity contribution in [3.63, 3.8) is 0 Å². The fourth-order valence-corrected chi connectivity index (χ4v) is 4.29. The Kier molecular flexibility index (Phi) is 7.88. The molecule has 0 aliphatic heterocycles. The minimum Gasteiger partial charge on any atom is -0.495 e. The highest BCUT2D eigenvalue weighted by molar-refractivity contribution is 6.31. The molecule has 2 heterocycles. The number of amides is 1. The molecule has 198 valence electrons. The van der Waals surface area contributed by atoms with E-state index in [-0.39, 0.29) is 47.1 Å². The van der Waals surface area contributed by atoms with Gasteiger partial charge in [0, 0.05) is 35.6 Å². The van der Waals surface area contributed by atoms with Gasteiger partial charge in [-0.05, 0) is 35.9 Å². The van der Waals surface area contributed by atoms with Crippen LogP contribution in [0.15, 0.2) is 57.9 Å². The maximum Gasteiger partial charge on any atom is 0.252 e. The predicted molar refractivity (Wildman–Crippen MR) is 138 cm³/mol. The SMILES string of the molecule is COc1cn(C(Cc2nnc(C)o2)C(=O)Cc2ccc(C(N)=O)c(F)c2)c(=O)cc1-c1cc(Cl)ccc1C#N. The maximum atomic E-state index is 14.3. The predicted octanol–water partition coefficient (Wildman–Crippen LogP) is 3.57. The number of primary amides is 1. The number of halogens is 2. The number of hydrogen-bond donors (Lipinski definition) is 1. The number of pyridine rings is 1. The Balaban J connectivity index is 1.79. The Labute approximate surface area is 226 Å². The number of hydrogen-bond acceptors (Lipinski definition) is 8. The van der Waals surface area contributed by atoms with Gasteiger partial charge in [0.05, 0.1) is 36.9 Å². The van der Waals surface area contributed by atoms with E-state index in [4.69, 9.17) is 26.5 Å². The summed E-state index contributed by atoms with van der Waals surface area (Å²) in [5, 5.41) is 17.6. The molecule has 12 heteroatoms. The van der Waals surface area contributed by atoms with Crippen molar-refractivity contribution in [1.29, 1.82) is 5.26 Å². The summed E-state index contributed by atoms with van der Waals surface area (Å²) in [5.41, 5.74) is 5.49. The van der Waals surface area contributed by atoms with Gasteiger partial charge < -0.3 is 19.5 Å². The van der Waals surface area contributed by atoms with Crippen LogP contribution in [0, 0.1) is 24.1 Å². The van der Waals surface area contributed by atoms with Crippen LogP contribution < -0.4 is 16.0 Å². The summed E-state index contributed by atoms with van der Waals surface area (Å²) >= 11 is 6.14. The summed E-state index contributed by atoms with van der Waals surface area (Å²) in [6.07, 6.45) is 0.934. The van der Waals surface area contributed by atoms with Crippen LogP contribution >= 0.6 is 11.6 Å². The van der Waals surface area contributed by atoms with Gasteiger partial charge in [0.25, 0.3) is 11.5 Å². The Bertz CT molecular complexity index is 1690. The molecule has 39 heavy (non-hydrogen) atoms. The van der Waals surface area contributed by atoms with Gasteiger partial charge in [-0.15, -0.1) is 10.2 Å². The minimum atomic E-state index is -1.14. The van der Waals surface area contributed by atoms with E-state index in [2.05, 4.69) is 16.3 Å². The lowest BCUT2D eigenvalue weighted by atomic mass is 9.98. The van der Waals surface area contributed by atoms with Crippen molar-refractivity contribution in [3.05, 3.63) is 98.3 Å². The number of carbonyl (C=O) groups is 2. The van der Waals surface area contributed by atoms with Crippen LogP contribution in [0.3, 0.4) is 0 Å². The van der Waals surface area contributed by atoms with Gasteiger partial charge >= 0.3 is 0 Å². The number of nitrogens with zero attached hydrogens (tertiary/aromatic N) is 4. The third kappa shape index (κ3) is 5.86. The maximum absolute atomic E-state index is 14.3. The van der Waals surface area contributed by atoms with Crippen molar-refractivity contribution in [2.75, 3.05) is 7.11 Å². The van der Waals surface area contributed by atoms with E-state index in [0.717, 1.165) is 10.6 Å². The van der Waals surface area contributed by atoms with Crippen molar-refractivity contribution in [2.24, 2.45) is 5.73 Å². The largest absolute Gasteiger partial charge is 0.495 e. The molecule has 0 bridgehead atoms. The Morgan fingerprint density at radius 2 is 1.97 bits per heavy atom. The summed E-state index contributed by atoms with van der Waals surface area (Å²) in [6.45, 7) is 1.58. The van der Waals surface area contributed by atoms with E-state index >= 15 is 0 Å². The van der Waals surface area contributed by atoms with Gasteiger partial charge in [0.15, 0.2) is 5.78 Å². The summed E-state index contributed by atoms with van der Waals surface area (Å²) < 4.78 is 26.5. The molecule has 2 N–H and O–H groups in total. The van der Waals surface area contributed by atoms with Crippen LogP contribution in [0.5, 0.6) is 5.75 Å². The molecule has 2 aromatic heterocycles. The molecular weight excluding hydrogens is 529 g/mol. The molecule has 4 rings (SSSR count). The number of rotatable bonds is 9. The van der Waals surface area contributed by atoms with Crippen LogP contribution in [0.4, 0.5) is 4.39 Å². The second-order valence-electron chi connectivity index (χ2n) is 8.56. The number of carbonyl (C=O) groups excluding carboxylic acids is 2. The molecule has 2 aromatic carbocycles. The summed E-state index contributed by atoms with van der Waals surface area (Å²) in [6, 6.07) is 10.4. The number of aromatic nitrogens is 3. The molecule has 0 radical (unpaired) electrons. The number of methoxy groups -OCH3 is 1. The lowest BCUT2D eigenvalue weighted by Gasteiger charge is -2.20. The first-order valence-electron chi connectivity index (χ1n) is 11.5. The van der Waals surface area contributed by atoms with Crippen LogP contribution in [-0.4, -0.2) is 33.6 Å².